The number of fused-ring (bicyclic) bond motifs is 7. The van der Waals surface area contributed by atoms with Gasteiger partial charge in [0.2, 0.25) is 5.95 Å². The first-order valence-electron chi connectivity index (χ1n) is 19.6. The summed E-state index contributed by atoms with van der Waals surface area (Å²) in [7, 11) is 0. The molecule has 0 bridgehead atoms. The normalized spacial score (nSPS) is 11.7. The quantitative estimate of drug-likeness (QED) is 0.169. The number of hydrogen-bond donors (Lipinski definition) is 0. The maximum atomic E-state index is 5.37. The minimum absolute atomic E-state index is 0.573. The molecule has 0 radical (unpaired) electrons. The van der Waals surface area contributed by atoms with Crippen LogP contribution in [-0.2, 0) is 0 Å². The molecule has 0 saturated carbocycles. The highest BCUT2D eigenvalue weighted by atomic mass is 32.1. The SMILES string of the molecule is c1ccc(-c2ccc(-c3nc(-c4cccc5sc6ccc(-c7nc8ccccc8n7-c7ccccc7)cc6c45)nc(-n4c5ccccc5c5ccccc54)n3)cc2)cc1. The van der Waals surface area contributed by atoms with Gasteiger partial charge in [-0.15, -0.1) is 11.3 Å². The number of imidazole rings is 1. The Morgan fingerprint density at radius 3 is 1.75 bits per heavy atom. The molecule has 8 aromatic carbocycles. The van der Waals surface area contributed by atoms with Gasteiger partial charge in [0.1, 0.15) is 5.82 Å². The summed E-state index contributed by atoms with van der Waals surface area (Å²) in [4.78, 5) is 21.1. The fraction of sp³-hybridized carbons (Fsp3) is 0. The van der Waals surface area contributed by atoms with Gasteiger partial charge in [0, 0.05) is 53.3 Å². The molecule has 0 amide bonds. The average molecular weight is 773 g/mol. The minimum atomic E-state index is 0.573. The second-order valence-electron chi connectivity index (χ2n) is 14.7. The Morgan fingerprint density at radius 1 is 0.373 bits per heavy atom. The smallest absolute Gasteiger partial charge is 0.238 e. The zero-order chi connectivity index (χ0) is 38.9. The van der Waals surface area contributed by atoms with Crippen LogP contribution >= 0.6 is 11.3 Å². The molecule has 4 heterocycles. The minimum Gasteiger partial charge on any atom is -0.292 e. The Balaban J connectivity index is 1.09. The van der Waals surface area contributed by atoms with Crippen molar-refractivity contribution in [2.75, 3.05) is 0 Å². The van der Waals surface area contributed by atoms with Crippen molar-refractivity contribution in [3.63, 3.8) is 0 Å². The molecule has 0 atom stereocenters. The fourth-order valence-corrected chi connectivity index (χ4v) is 9.62. The summed E-state index contributed by atoms with van der Waals surface area (Å²) < 4.78 is 6.78. The number of hydrogen-bond acceptors (Lipinski definition) is 5. The molecule has 6 nitrogen and oxygen atoms in total. The van der Waals surface area contributed by atoms with E-state index in [0.717, 1.165) is 82.9 Å². The molecule has 0 spiro atoms. The summed E-state index contributed by atoms with van der Waals surface area (Å²) in [6.07, 6.45) is 0. The van der Waals surface area contributed by atoms with E-state index in [-0.39, 0.29) is 0 Å². The number of aromatic nitrogens is 6. The van der Waals surface area contributed by atoms with Crippen molar-refractivity contribution < 1.29 is 0 Å². The van der Waals surface area contributed by atoms with Crippen molar-refractivity contribution in [3.05, 3.63) is 194 Å². The molecule has 0 unspecified atom stereocenters. The fourth-order valence-electron chi connectivity index (χ4n) is 8.50. The topological polar surface area (TPSA) is 61.4 Å². The first-order chi connectivity index (χ1) is 29.2. The van der Waals surface area contributed by atoms with Crippen molar-refractivity contribution in [1.82, 2.24) is 29.1 Å². The van der Waals surface area contributed by atoms with Crippen LogP contribution < -0.4 is 0 Å². The Bertz CT molecular complexity index is 3490. The van der Waals surface area contributed by atoms with Crippen LogP contribution in [0.1, 0.15) is 0 Å². The molecule has 0 fully saturated rings. The Morgan fingerprint density at radius 2 is 0.983 bits per heavy atom. The maximum Gasteiger partial charge on any atom is 0.238 e. The van der Waals surface area contributed by atoms with Gasteiger partial charge < -0.3 is 0 Å². The van der Waals surface area contributed by atoms with Crippen LogP contribution in [0, 0.1) is 0 Å². The van der Waals surface area contributed by atoms with Crippen molar-refractivity contribution >= 4 is 64.3 Å². The molecule has 0 aliphatic carbocycles. The van der Waals surface area contributed by atoms with Gasteiger partial charge in [0.25, 0.3) is 0 Å². The van der Waals surface area contributed by atoms with E-state index in [1.54, 1.807) is 11.3 Å². The molecule has 12 aromatic rings. The third-order valence-electron chi connectivity index (χ3n) is 11.2. The number of nitrogens with zero attached hydrogens (tertiary/aromatic N) is 6. The Labute approximate surface area is 343 Å². The van der Waals surface area contributed by atoms with Crippen molar-refractivity contribution in [1.29, 1.82) is 0 Å². The monoisotopic (exact) mass is 772 g/mol. The lowest BCUT2D eigenvalue weighted by Crippen LogP contribution is -2.06. The maximum absolute atomic E-state index is 5.37. The van der Waals surface area contributed by atoms with E-state index < -0.39 is 0 Å². The number of para-hydroxylation sites is 5. The summed E-state index contributed by atoms with van der Waals surface area (Å²) in [5.74, 6) is 2.70. The molecule has 7 heteroatoms. The van der Waals surface area contributed by atoms with E-state index in [4.69, 9.17) is 19.9 Å². The second-order valence-corrected chi connectivity index (χ2v) is 15.8. The summed E-state index contributed by atoms with van der Waals surface area (Å²) >= 11 is 1.78. The van der Waals surface area contributed by atoms with Gasteiger partial charge in [-0.1, -0.05) is 133 Å². The highest BCUT2D eigenvalue weighted by Crippen LogP contribution is 2.42. The molecule has 0 aliphatic rings. The number of rotatable bonds is 6. The third kappa shape index (κ3) is 5.47. The lowest BCUT2D eigenvalue weighted by atomic mass is 10.0. The molecule has 59 heavy (non-hydrogen) atoms. The lowest BCUT2D eigenvalue weighted by Gasteiger charge is -2.12. The van der Waals surface area contributed by atoms with E-state index in [1.165, 1.54) is 9.40 Å². The molecule has 4 aromatic heterocycles. The van der Waals surface area contributed by atoms with E-state index >= 15 is 0 Å². The molecular formula is C52H32N6S. The number of benzene rings is 8. The van der Waals surface area contributed by atoms with Gasteiger partial charge in [-0.2, -0.15) is 9.97 Å². The highest BCUT2D eigenvalue weighted by Gasteiger charge is 2.21. The van der Waals surface area contributed by atoms with Crippen molar-refractivity contribution in [2.24, 2.45) is 0 Å². The number of thiophene rings is 1. The van der Waals surface area contributed by atoms with Crippen LogP contribution in [0.4, 0.5) is 0 Å². The summed E-state index contributed by atoms with van der Waals surface area (Å²) in [6, 6.07) is 67.9. The molecule has 0 N–H and O–H groups in total. The Kier molecular flexibility index (Phi) is 7.61. The first-order valence-corrected chi connectivity index (χ1v) is 20.5. The van der Waals surface area contributed by atoms with Gasteiger partial charge in [0.15, 0.2) is 11.6 Å². The van der Waals surface area contributed by atoms with Crippen LogP contribution in [0.15, 0.2) is 194 Å². The van der Waals surface area contributed by atoms with E-state index in [2.05, 4.69) is 185 Å². The van der Waals surface area contributed by atoms with Crippen molar-refractivity contribution in [3.8, 4) is 56.9 Å². The predicted molar refractivity (Wildman–Crippen MR) is 243 cm³/mol. The van der Waals surface area contributed by atoms with Gasteiger partial charge >= 0.3 is 0 Å². The standard InChI is InChI=1S/C52H32N6S/c1-3-14-33(15-4-1)34-26-28-35(29-27-34)49-54-50(56-52(55-49)58-43-22-10-7-18-38(43)39-19-8-11-23-44(39)58)40-20-13-25-47-48(40)41-32-36(30-31-46(41)59-47)51-53-42-21-9-12-24-45(42)57(51)37-16-5-2-6-17-37/h1-32H. The van der Waals surface area contributed by atoms with Gasteiger partial charge in [-0.05, 0) is 71.8 Å². The third-order valence-corrected chi connectivity index (χ3v) is 12.4. The van der Waals surface area contributed by atoms with Crippen LogP contribution in [0.3, 0.4) is 0 Å². The Hall–Kier alpha value is -7.74. The predicted octanol–water partition coefficient (Wildman–Crippen LogP) is 13.3. The summed E-state index contributed by atoms with van der Waals surface area (Å²) in [5, 5.41) is 4.55. The zero-order valence-corrected chi connectivity index (χ0v) is 32.4. The van der Waals surface area contributed by atoms with E-state index in [0.29, 0.717) is 17.6 Å². The largest absolute Gasteiger partial charge is 0.292 e. The molecule has 276 valence electrons. The average Bonchev–Trinajstić information content (AvgIpc) is 3.99. The van der Waals surface area contributed by atoms with Crippen molar-refractivity contribution in [2.45, 2.75) is 0 Å². The van der Waals surface area contributed by atoms with Crippen LogP contribution in [0.2, 0.25) is 0 Å². The van der Waals surface area contributed by atoms with E-state index in [9.17, 15) is 0 Å². The van der Waals surface area contributed by atoms with Gasteiger partial charge in [0.05, 0.1) is 22.1 Å². The molecule has 0 saturated heterocycles. The second kappa shape index (κ2) is 13.4. The van der Waals surface area contributed by atoms with Crippen LogP contribution in [-0.4, -0.2) is 29.1 Å². The molecule has 12 rings (SSSR count). The molecule has 0 aliphatic heterocycles. The van der Waals surface area contributed by atoms with Gasteiger partial charge in [-0.25, -0.2) is 9.97 Å². The first kappa shape index (κ1) is 33.4. The van der Waals surface area contributed by atoms with Gasteiger partial charge in [-0.3, -0.25) is 9.13 Å². The summed E-state index contributed by atoms with van der Waals surface area (Å²) in [6.45, 7) is 0. The van der Waals surface area contributed by atoms with Crippen LogP contribution in [0.5, 0.6) is 0 Å². The molecular weight excluding hydrogens is 741 g/mol. The van der Waals surface area contributed by atoms with E-state index in [1.807, 2.05) is 18.2 Å². The lowest BCUT2D eigenvalue weighted by molar-refractivity contribution is 0.954. The highest BCUT2D eigenvalue weighted by molar-refractivity contribution is 7.26. The van der Waals surface area contributed by atoms with Crippen LogP contribution in [0.25, 0.3) is 110 Å². The zero-order valence-electron chi connectivity index (χ0n) is 31.6. The summed E-state index contributed by atoms with van der Waals surface area (Å²) in [5.41, 5.74) is 10.4.